The van der Waals surface area contributed by atoms with Crippen LogP contribution in [0.25, 0.3) is 0 Å². The van der Waals surface area contributed by atoms with E-state index < -0.39 is 5.60 Å². The van der Waals surface area contributed by atoms with Gasteiger partial charge in [0.25, 0.3) is 0 Å². The van der Waals surface area contributed by atoms with Crippen molar-refractivity contribution in [2.24, 2.45) is 0 Å². The normalized spacial score (nSPS) is 19.8. The third-order valence-corrected chi connectivity index (χ3v) is 2.89. The number of amides is 1. The Hall–Kier alpha value is -1.82. The molecule has 2 rings (SSSR count). The van der Waals surface area contributed by atoms with Crippen LogP contribution >= 0.6 is 0 Å². The number of carbonyl (C=O) groups is 1. The van der Waals surface area contributed by atoms with Gasteiger partial charge in [-0.2, -0.15) is 0 Å². The van der Waals surface area contributed by atoms with Gasteiger partial charge in [0, 0.05) is 12.7 Å². The number of morpholine rings is 1. The second kappa shape index (κ2) is 5.66. The first-order chi connectivity index (χ1) is 9.37. The first-order valence-corrected chi connectivity index (χ1v) is 6.67. The Morgan fingerprint density at radius 3 is 2.95 bits per heavy atom. The van der Waals surface area contributed by atoms with E-state index in [0.29, 0.717) is 31.1 Å². The summed E-state index contributed by atoms with van der Waals surface area (Å²) in [5.74, 6) is 0. The van der Waals surface area contributed by atoms with E-state index in [-0.39, 0.29) is 12.2 Å². The minimum atomic E-state index is -0.505. The quantitative estimate of drug-likeness (QED) is 0.850. The van der Waals surface area contributed by atoms with Crippen molar-refractivity contribution in [3.8, 4) is 0 Å². The number of nitrogen functional groups attached to an aromatic ring is 1. The van der Waals surface area contributed by atoms with E-state index in [2.05, 4.69) is 4.98 Å². The Morgan fingerprint density at radius 1 is 1.55 bits per heavy atom. The molecule has 0 aliphatic carbocycles. The maximum Gasteiger partial charge on any atom is 0.410 e. The lowest BCUT2D eigenvalue weighted by Crippen LogP contribution is -2.45. The standard InChI is InChI=1S/C14H21N3O3/c1-14(2,3)20-13(18)17-7-8-19-11(9-17)12-10(15)5-4-6-16-12/h4-6,11H,7-9,15H2,1-3H3. The maximum absolute atomic E-state index is 12.1. The van der Waals surface area contributed by atoms with Crippen LogP contribution in [-0.2, 0) is 9.47 Å². The molecule has 2 heterocycles. The molecule has 1 fully saturated rings. The zero-order valence-electron chi connectivity index (χ0n) is 12.1. The van der Waals surface area contributed by atoms with E-state index >= 15 is 0 Å². The summed E-state index contributed by atoms with van der Waals surface area (Å²) >= 11 is 0. The van der Waals surface area contributed by atoms with Crippen molar-refractivity contribution >= 4 is 11.8 Å². The first-order valence-electron chi connectivity index (χ1n) is 6.67. The Kier molecular flexibility index (Phi) is 4.13. The van der Waals surface area contributed by atoms with Gasteiger partial charge in [0.1, 0.15) is 11.7 Å². The predicted octanol–water partition coefficient (Wildman–Crippen LogP) is 1.97. The van der Waals surface area contributed by atoms with Crippen LogP contribution in [0, 0.1) is 0 Å². The van der Waals surface area contributed by atoms with E-state index in [1.165, 1.54) is 0 Å². The van der Waals surface area contributed by atoms with Gasteiger partial charge in [-0.25, -0.2) is 4.79 Å². The molecule has 6 heteroatoms. The van der Waals surface area contributed by atoms with E-state index in [1.807, 2.05) is 20.8 Å². The number of ether oxygens (including phenoxy) is 2. The maximum atomic E-state index is 12.1. The topological polar surface area (TPSA) is 77.7 Å². The van der Waals surface area contributed by atoms with Crippen LogP contribution < -0.4 is 5.73 Å². The van der Waals surface area contributed by atoms with Gasteiger partial charge in [0.15, 0.2) is 0 Å². The van der Waals surface area contributed by atoms with Crippen molar-refractivity contribution in [2.75, 3.05) is 25.4 Å². The average Bonchev–Trinajstić information content (AvgIpc) is 2.37. The highest BCUT2D eigenvalue weighted by molar-refractivity contribution is 5.68. The van der Waals surface area contributed by atoms with Crippen molar-refractivity contribution in [1.82, 2.24) is 9.88 Å². The smallest absolute Gasteiger partial charge is 0.410 e. The Labute approximate surface area is 118 Å². The number of nitrogens with zero attached hydrogens (tertiary/aromatic N) is 2. The highest BCUT2D eigenvalue weighted by atomic mass is 16.6. The molecule has 1 atom stereocenters. The number of carbonyl (C=O) groups excluding carboxylic acids is 1. The van der Waals surface area contributed by atoms with Crippen LogP contribution in [0.3, 0.4) is 0 Å². The van der Waals surface area contributed by atoms with E-state index in [9.17, 15) is 4.79 Å². The highest BCUT2D eigenvalue weighted by Gasteiger charge is 2.30. The molecular formula is C14H21N3O3. The molecular weight excluding hydrogens is 258 g/mol. The van der Waals surface area contributed by atoms with Gasteiger partial charge in [0.2, 0.25) is 0 Å². The molecule has 1 aliphatic heterocycles. The third kappa shape index (κ3) is 3.60. The van der Waals surface area contributed by atoms with E-state index in [0.717, 1.165) is 0 Å². The molecule has 1 aromatic heterocycles. The molecule has 1 saturated heterocycles. The fourth-order valence-corrected chi connectivity index (χ4v) is 2.01. The predicted molar refractivity (Wildman–Crippen MR) is 75.1 cm³/mol. The SMILES string of the molecule is CC(C)(C)OC(=O)N1CCOC(c2ncccc2N)C1. The lowest BCUT2D eigenvalue weighted by molar-refractivity contribution is -0.0444. The van der Waals surface area contributed by atoms with Crippen LogP contribution in [-0.4, -0.2) is 41.3 Å². The fourth-order valence-electron chi connectivity index (χ4n) is 2.01. The summed E-state index contributed by atoms with van der Waals surface area (Å²) in [6.07, 6.45) is 1.03. The minimum Gasteiger partial charge on any atom is -0.444 e. The van der Waals surface area contributed by atoms with Crippen molar-refractivity contribution in [3.05, 3.63) is 24.0 Å². The van der Waals surface area contributed by atoms with Crippen molar-refractivity contribution in [3.63, 3.8) is 0 Å². The number of rotatable bonds is 1. The number of hydrogen-bond donors (Lipinski definition) is 1. The van der Waals surface area contributed by atoms with Gasteiger partial charge in [-0.1, -0.05) is 0 Å². The van der Waals surface area contributed by atoms with Crippen LogP contribution in [0.5, 0.6) is 0 Å². The Bertz CT molecular complexity index is 485. The molecule has 1 unspecified atom stereocenters. The van der Waals surface area contributed by atoms with Crippen LogP contribution in [0.15, 0.2) is 18.3 Å². The number of pyridine rings is 1. The van der Waals surface area contributed by atoms with Crippen molar-refractivity contribution < 1.29 is 14.3 Å². The van der Waals surface area contributed by atoms with Crippen LogP contribution in [0.1, 0.15) is 32.6 Å². The highest BCUT2D eigenvalue weighted by Crippen LogP contribution is 2.25. The molecule has 0 bridgehead atoms. The lowest BCUT2D eigenvalue weighted by atomic mass is 10.1. The monoisotopic (exact) mass is 279 g/mol. The van der Waals surface area contributed by atoms with Gasteiger partial charge in [-0.15, -0.1) is 0 Å². The molecule has 110 valence electrons. The molecule has 0 spiro atoms. The summed E-state index contributed by atoms with van der Waals surface area (Å²) in [6.45, 7) is 6.90. The summed E-state index contributed by atoms with van der Waals surface area (Å²) in [6, 6.07) is 3.55. The van der Waals surface area contributed by atoms with Gasteiger partial charge < -0.3 is 20.1 Å². The van der Waals surface area contributed by atoms with Gasteiger partial charge >= 0.3 is 6.09 Å². The lowest BCUT2D eigenvalue weighted by Gasteiger charge is -2.34. The average molecular weight is 279 g/mol. The molecule has 1 aliphatic rings. The fraction of sp³-hybridized carbons (Fsp3) is 0.571. The van der Waals surface area contributed by atoms with Gasteiger partial charge in [-0.3, -0.25) is 4.98 Å². The number of anilines is 1. The Morgan fingerprint density at radius 2 is 2.30 bits per heavy atom. The zero-order chi connectivity index (χ0) is 14.8. The largest absolute Gasteiger partial charge is 0.444 e. The summed E-state index contributed by atoms with van der Waals surface area (Å²) in [5.41, 5.74) is 6.63. The first kappa shape index (κ1) is 14.6. The number of aromatic nitrogens is 1. The molecule has 20 heavy (non-hydrogen) atoms. The summed E-state index contributed by atoms with van der Waals surface area (Å²) < 4.78 is 11.0. The molecule has 2 N–H and O–H groups in total. The summed E-state index contributed by atoms with van der Waals surface area (Å²) in [7, 11) is 0. The molecule has 0 radical (unpaired) electrons. The second-order valence-electron chi connectivity index (χ2n) is 5.76. The minimum absolute atomic E-state index is 0.308. The van der Waals surface area contributed by atoms with Crippen LogP contribution in [0.2, 0.25) is 0 Å². The summed E-state index contributed by atoms with van der Waals surface area (Å²) in [4.78, 5) is 17.9. The zero-order valence-corrected chi connectivity index (χ0v) is 12.1. The molecule has 1 aromatic rings. The van der Waals surface area contributed by atoms with Crippen molar-refractivity contribution in [1.29, 1.82) is 0 Å². The van der Waals surface area contributed by atoms with E-state index in [1.54, 1.807) is 23.2 Å². The Balaban J connectivity index is 2.06. The molecule has 0 aromatic carbocycles. The third-order valence-electron chi connectivity index (χ3n) is 2.89. The second-order valence-corrected chi connectivity index (χ2v) is 5.76. The van der Waals surface area contributed by atoms with Crippen LogP contribution in [0.4, 0.5) is 10.5 Å². The van der Waals surface area contributed by atoms with E-state index in [4.69, 9.17) is 15.2 Å². The number of nitrogens with two attached hydrogens (primary N) is 1. The van der Waals surface area contributed by atoms with Gasteiger partial charge in [0.05, 0.1) is 24.5 Å². The van der Waals surface area contributed by atoms with Gasteiger partial charge in [-0.05, 0) is 32.9 Å². The van der Waals surface area contributed by atoms with Crippen molar-refractivity contribution in [2.45, 2.75) is 32.5 Å². The summed E-state index contributed by atoms with van der Waals surface area (Å²) in [5, 5.41) is 0. The number of hydrogen-bond acceptors (Lipinski definition) is 5. The molecule has 0 saturated carbocycles. The molecule has 1 amide bonds. The molecule has 6 nitrogen and oxygen atoms in total.